The van der Waals surface area contributed by atoms with Gasteiger partial charge < -0.3 is 5.11 Å². The fourth-order valence-electron chi connectivity index (χ4n) is 1.48. The van der Waals surface area contributed by atoms with Crippen LogP contribution in [-0.4, -0.2) is 16.9 Å². The highest BCUT2D eigenvalue weighted by Gasteiger charge is 2.47. The first-order valence-electron chi connectivity index (χ1n) is 4.87. The molecule has 0 aliphatic carbocycles. The standard InChI is InChI=1S/C11H12N2O3/c1-11(2)9(15)12-13(10(11)16)7-4-3-5-8(14)6-7/h3-6,14H,1-2H3,(H,12,15). The zero-order valence-electron chi connectivity index (χ0n) is 9.02. The van der Waals surface area contributed by atoms with Crippen LogP contribution in [0.3, 0.4) is 0 Å². The maximum atomic E-state index is 11.9. The summed E-state index contributed by atoms with van der Waals surface area (Å²) in [5.41, 5.74) is 1.86. The number of amides is 2. The molecule has 1 saturated heterocycles. The molecule has 0 saturated carbocycles. The molecule has 1 aromatic rings. The maximum Gasteiger partial charge on any atom is 0.260 e. The first-order valence-corrected chi connectivity index (χ1v) is 4.87. The van der Waals surface area contributed by atoms with Crippen molar-refractivity contribution in [1.29, 1.82) is 0 Å². The lowest BCUT2D eigenvalue weighted by atomic mass is 9.93. The Morgan fingerprint density at radius 1 is 1.31 bits per heavy atom. The van der Waals surface area contributed by atoms with E-state index in [1.165, 1.54) is 12.1 Å². The molecule has 2 N–H and O–H groups in total. The van der Waals surface area contributed by atoms with Crippen LogP contribution in [0.25, 0.3) is 0 Å². The number of hydrogen-bond acceptors (Lipinski definition) is 3. The minimum absolute atomic E-state index is 0.0456. The largest absolute Gasteiger partial charge is 0.508 e. The Morgan fingerprint density at radius 2 is 2.00 bits per heavy atom. The Morgan fingerprint density at radius 3 is 2.50 bits per heavy atom. The lowest BCUT2D eigenvalue weighted by Gasteiger charge is -2.16. The Kier molecular flexibility index (Phi) is 2.11. The molecule has 0 spiro atoms. The molecule has 16 heavy (non-hydrogen) atoms. The van der Waals surface area contributed by atoms with Gasteiger partial charge in [0.1, 0.15) is 11.2 Å². The highest BCUT2D eigenvalue weighted by molar-refractivity contribution is 6.17. The smallest absolute Gasteiger partial charge is 0.260 e. The van der Waals surface area contributed by atoms with Gasteiger partial charge in [-0.1, -0.05) is 6.07 Å². The highest BCUT2D eigenvalue weighted by atomic mass is 16.3. The van der Waals surface area contributed by atoms with Crippen LogP contribution in [0.2, 0.25) is 0 Å². The number of aromatic hydroxyl groups is 1. The summed E-state index contributed by atoms with van der Waals surface area (Å²) >= 11 is 0. The van der Waals surface area contributed by atoms with E-state index in [1.807, 2.05) is 0 Å². The van der Waals surface area contributed by atoms with Gasteiger partial charge in [-0.05, 0) is 26.0 Å². The monoisotopic (exact) mass is 220 g/mol. The summed E-state index contributed by atoms with van der Waals surface area (Å²) < 4.78 is 0. The summed E-state index contributed by atoms with van der Waals surface area (Å²) in [7, 11) is 0. The van der Waals surface area contributed by atoms with E-state index in [9.17, 15) is 14.7 Å². The number of benzene rings is 1. The van der Waals surface area contributed by atoms with Crippen LogP contribution in [0.4, 0.5) is 5.69 Å². The molecule has 5 heteroatoms. The maximum absolute atomic E-state index is 11.9. The van der Waals surface area contributed by atoms with E-state index in [2.05, 4.69) is 5.43 Å². The highest BCUT2D eigenvalue weighted by Crippen LogP contribution is 2.29. The van der Waals surface area contributed by atoms with Crippen LogP contribution in [0.5, 0.6) is 5.75 Å². The van der Waals surface area contributed by atoms with Gasteiger partial charge >= 0.3 is 0 Å². The van der Waals surface area contributed by atoms with E-state index in [4.69, 9.17) is 0 Å². The van der Waals surface area contributed by atoms with Crippen LogP contribution in [-0.2, 0) is 9.59 Å². The molecular weight excluding hydrogens is 208 g/mol. The number of hydrazine groups is 1. The molecule has 5 nitrogen and oxygen atoms in total. The molecule has 1 heterocycles. The van der Waals surface area contributed by atoms with Crippen molar-refractivity contribution >= 4 is 17.5 Å². The summed E-state index contributed by atoms with van der Waals surface area (Å²) in [6, 6.07) is 6.16. The number of phenolic OH excluding ortho intramolecular Hbond substituents is 1. The molecule has 0 bridgehead atoms. The Hall–Kier alpha value is -2.04. The van der Waals surface area contributed by atoms with Gasteiger partial charge in [0.05, 0.1) is 5.69 Å². The van der Waals surface area contributed by atoms with Gasteiger partial charge in [0.25, 0.3) is 11.8 Å². The van der Waals surface area contributed by atoms with Crippen molar-refractivity contribution in [3.05, 3.63) is 24.3 Å². The van der Waals surface area contributed by atoms with E-state index >= 15 is 0 Å². The average molecular weight is 220 g/mol. The lowest BCUT2D eigenvalue weighted by Crippen LogP contribution is -2.36. The van der Waals surface area contributed by atoms with Crippen molar-refractivity contribution < 1.29 is 14.7 Å². The number of anilines is 1. The predicted octanol–water partition coefficient (Wildman–Crippen LogP) is 0.796. The van der Waals surface area contributed by atoms with E-state index in [0.29, 0.717) is 5.69 Å². The fraction of sp³-hybridized carbons (Fsp3) is 0.273. The van der Waals surface area contributed by atoms with Crippen molar-refractivity contribution in [2.24, 2.45) is 5.41 Å². The molecule has 1 aliphatic rings. The van der Waals surface area contributed by atoms with Crippen LogP contribution >= 0.6 is 0 Å². The second-order valence-corrected chi connectivity index (χ2v) is 4.23. The first-order chi connectivity index (χ1) is 7.43. The number of hydrogen-bond donors (Lipinski definition) is 2. The van der Waals surface area contributed by atoms with Crippen molar-refractivity contribution in [3.8, 4) is 5.75 Å². The zero-order valence-corrected chi connectivity index (χ0v) is 9.02. The first kappa shape index (κ1) is 10.5. The summed E-state index contributed by atoms with van der Waals surface area (Å²) in [6.07, 6.45) is 0. The molecular formula is C11H12N2O3. The van der Waals surface area contributed by atoms with Gasteiger partial charge in [-0.15, -0.1) is 0 Å². The summed E-state index contributed by atoms with van der Waals surface area (Å²) in [6.45, 7) is 3.13. The molecule has 0 unspecified atom stereocenters. The van der Waals surface area contributed by atoms with Crippen LogP contribution in [0, 0.1) is 5.41 Å². The van der Waals surface area contributed by atoms with Gasteiger partial charge in [0.15, 0.2) is 0 Å². The quantitative estimate of drug-likeness (QED) is 0.688. The number of nitrogens with one attached hydrogen (secondary N) is 1. The summed E-state index contributed by atoms with van der Waals surface area (Å²) in [4.78, 5) is 23.4. The molecule has 1 aromatic carbocycles. The number of nitrogens with zero attached hydrogens (tertiary/aromatic N) is 1. The van der Waals surface area contributed by atoms with Crippen molar-refractivity contribution in [3.63, 3.8) is 0 Å². The lowest BCUT2D eigenvalue weighted by molar-refractivity contribution is -0.133. The van der Waals surface area contributed by atoms with Gasteiger partial charge in [-0.2, -0.15) is 0 Å². The number of rotatable bonds is 1. The average Bonchev–Trinajstić information content (AvgIpc) is 2.42. The minimum atomic E-state index is -1.06. The second kappa shape index (κ2) is 3.23. The van der Waals surface area contributed by atoms with E-state index in [-0.39, 0.29) is 17.6 Å². The topological polar surface area (TPSA) is 69.6 Å². The Balaban J connectivity index is 2.38. The zero-order chi connectivity index (χ0) is 11.9. The Bertz CT molecular complexity index is 468. The molecule has 0 aromatic heterocycles. The van der Waals surface area contributed by atoms with Crippen LogP contribution in [0.15, 0.2) is 24.3 Å². The molecule has 2 amide bonds. The minimum Gasteiger partial charge on any atom is -0.508 e. The third-order valence-electron chi connectivity index (χ3n) is 2.61. The van der Waals surface area contributed by atoms with Gasteiger partial charge in [0, 0.05) is 6.07 Å². The number of carbonyl (C=O) groups is 2. The normalized spacial score (nSPS) is 18.8. The van der Waals surface area contributed by atoms with Gasteiger partial charge in [-0.25, -0.2) is 5.01 Å². The van der Waals surface area contributed by atoms with Crippen LogP contribution in [0.1, 0.15) is 13.8 Å². The van der Waals surface area contributed by atoms with Gasteiger partial charge in [-0.3, -0.25) is 15.0 Å². The van der Waals surface area contributed by atoms with E-state index < -0.39 is 5.41 Å². The van der Waals surface area contributed by atoms with Crippen molar-refractivity contribution in [2.45, 2.75) is 13.8 Å². The van der Waals surface area contributed by atoms with Crippen molar-refractivity contribution in [1.82, 2.24) is 5.43 Å². The Labute approximate surface area is 92.6 Å². The predicted molar refractivity (Wildman–Crippen MR) is 57.5 cm³/mol. The van der Waals surface area contributed by atoms with Gasteiger partial charge in [0.2, 0.25) is 0 Å². The number of carbonyl (C=O) groups excluding carboxylic acids is 2. The SMILES string of the molecule is CC1(C)C(=O)NN(c2cccc(O)c2)C1=O. The molecule has 84 valence electrons. The summed E-state index contributed by atoms with van der Waals surface area (Å²) in [5.74, 6) is -0.631. The van der Waals surface area contributed by atoms with Crippen LogP contribution < -0.4 is 10.4 Å². The number of phenols is 1. The van der Waals surface area contributed by atoms with E-state index in [0.717, 1.165) is 5.01 Å². The molecule has 1 fully saturated rings. The molecule has 0 radical (unpaired) electrons. The summed E-state index contributed by atoms with van der Waals surface area (Å²) in [5, 5.41) is 10.5. The molecule has 2 rings (SSSR count). The van der Waals surface area contributed by atoms with Crippen molar-refractivity contribution in [2.75, 3.05) is 5.01 Å². The molecule has 0 atom stereocenters. The molecule has 1 aliphatic heterocycles. The fourth-order valence-corrected chi connectivity index (χ4v) is 1.48. The second-order valence-electron chi connectivity index (χ2n) is 4.23. The third-order valence-corrected chi connectivity index (χ3v) is 2.61. The van der Waals surface area contributed by atoms with E-state index in [1.54, 1.807) is 26.0 Å². The third kappa shape index (κ3) is 1.41.